The van der Waals surface area contributed by atoms with Crippen LogP contribution in [0.5, 0.6) is 5.75 Å². The summed E-state index contributed by atoms with van der Waals surface area (Å²) in [5, 5.41) is 9.70. The van der Waals surface area contributed by atoms with E-state index < -0.39 is 0 Å². The number of nitrogens with zero attached hydrogens (tertiary/aromatic N) is 1. The van der Waals surface area contributed by atoms with Crippen LogP contribution in [-0.4, -0.2) is 27.9 Å². The molecule has 1 N–H and O–H groups in total. The summed E-state index contributed by atoms with van der Waals surface area (Å²) in [6, 6.07) is 5.19. The first-order valence-electron chi connectivity index (χ1n) is 5.74. The Labute approximate surface area is 110 Å². The van der Waals surface area contributed by atoms with Gasteiger partial charge in [0.2, 0.25) is 5.91 Å². The highest BCUT2D eigenvalue weighted by Crippen LogP contribution is 2.31. The Bertz CT molecular complexity index is 501. The fraction of sp³-hybridized carbons (Fsp3) is 0.385. The van der Waals surface area contributed by atoms with Gasteiger partial charge in [-0.2, -0.15) is 0 Å². The highest BCUT2D eigenvalue weighted by Gasteiger charge is 2.32. The first kappa shape index (κ1) is 13.0. The van der Waals surface area contributed by atoms with E-state index in [1.54, 1.807) is 24.0 Å². The molecule has 1 amide bonds. The van der Waals surface area contributed by atoms with Crippen LogP contribution in [0.1, 0.15) is 18.9 Å². The lowest BCUT2D eigenvalue weighted by Crippen LogP contribution is -2.24. The van der Waals surface area contributed by atoms with Crippen LogP contribution in [-0.2, 0) is 9.59 Å². The predicted octanol–water partition coefficient (Wildman–Crippen LogP) is 2.09. The number of phenols is 1. The molecular formula is C13H15NO3S. The van der Waals surface area contributed by atoms with Gasteiger partial charge in [0, 0.05) is 36.9 Å². The average Bonchev–Trinajstić information content (AvgIpc) is 2.62. The van der Waals surface area contributed by atoms with E-state index in [1.165, 1.54) is 18.7 Å². The number of carbonyl (C=O) groups excluding carboxylic acids is 2. The van der Waals surface area contributed by atoms with Crippen LogP contribution >= 0.6 is 11.8 Å². The molecule has 1 aromatic carbocycles. The Kier molecular flexibility index (Phi) is 3.61. The maximum Gasteiger partial charge on any atom is 0.228 e. The Morgan fingerprint density at radius 3 is 2.83 bits per heavy atom. The molecule has 1 atom stereocenters. The number of benzene rings is 1. The largest absolute Gasteiger partial charge is 0.508 e. The topological polar surface area (TPSA) is 57.6 Å². The second kappa shape index (κ2) is 5.02. The highest BCUT2D eigenvalue weighted by molar-refractivity contribution is 8.14. The summed E-state index contributed by atoms with van der Waals surface area (Å²) in [7, 11) is 0. The van der Waals surface area contributed by atoms with Gasteiger partial charge in [-0.3, -0.25) is 9.59 Å². The van der Waals surface area contributed by atoms with E-state index in [-0.39, 0.29) is 22.0 Å². The van der Waals surface area contributed by atoms with Crippen molar-refractivity contribution in [3.05, 3.63) is 23.8 Å². The van der Waals surface area contributed by atoms with Crippen molar-refractivity contribution in [3.8, 4) is 5.75 Å². The monoisotopic (exact) mass is 265 g/mol. The van der Waals surface area contributed by atoms with Crippen LogP contribution in [0.15, 0.2) is 18.2 Å². The minimum Gasteiger partial charge on any atom is -0.508 e. The van der Waals surface area contributed by atoms with E-state index in [9.17, 15) is 14.7 Å². The summed E-state index contributed by atoms with van der Waals surface area (Å²) in [5.74, 6) is 0.181. The Morgan fingerprint density at radius 2 is 2.22 bits per heavy atom. The Morgan fingerprint density at radius 1 is 1.50 bits per heavy atom. The number of phenolic OH excluding ortho intramolecular Hbond substituents is 1. The number of aryl methyl sites for hydroxylation is 1. The maximum absolute atomic E-state index is 11.9. The van der Waals surface area contributed by atoms with Crippen molar-refractivity contribution in [2.45, 2.75) is 25.5 Å². The van der Waals surface area contributed by atoms with Crippen molar-refractivity contribution < 1.29 is 14.7 Å². The molecule has 96 valence electrons. The molecule has 1 heterocycles. The zero-order valence-corrected chi connectivity index (χ0v) is 11.2. The van der Waals surface area contributed by atoms with Crippen molar-refractivity contribution in [2.75, 3.05) is 11.4 Å². The summed E-state index contributed by atoms with van der Waals surface area (Å²) in [6.45, 7) is 3.83. The van der Waals surface area contributed by atoms with Crippen molar-refractivity contribution in [3.63, 3.8) is 0 Å². The third-order valence-electron chi connectivity index (χ3n) is 2.93. The number of thioether (sulfide) groups is 1. The molecule has 0 radical (unpaired) electrons. The SMILES string of the molecule is CC(=O)SC1CC(=O)N(c2ccc(C)c(O)c2)C1. The highest BCUT2D eigenvalue weighted by atomic mass is 32.2. The molecule has 4 nitrogen and oxygen atoms in total. The summed E-state index contributed by atoms with van der Waals surface area (Å²) >= 11 is 1.21. The van der Waals surface area contributed by atoms with E-state index in [4.69, 9.17) is 0 Å². The quantitative estimate of drug-likeness (QED) is 0.889. The standard InChI is InChI=1S/C13H15NO3S/c1-8-3-4-10(5-12(8)16)14-7-11(6-13(14)17)18-9(2)15/h3-5,11,16H,6-7H2,1-2H3. The first-order chi connectivity index (χ1) is 8.47. The molecule has 1 saturated heterocycles. The predicted molar refractivity (Wildman–Crippen MR) is 71.9 cm³/mol. The molecule has 18 heavy (non-hydrogen) atoms. The molecule has 1 aliphatic rings. The van der Waals surface area contributed by atoms with Crippen LogP contribution in [0.25, 0.3) is 0 Å². The van der Waals surface area contributed by atoms with Crippen LogP contribution < -0.4 is 4.90 Å². The molecule has 1 fully saturated rings. The third-order valence-corrected chi connectivity index (χ3v) is 3.91. The van der Waals surface area contributed by atoms with Gasteiger partial charge in [-0.25, -0.2) is 0 Å². The first-order valence-corrected chi connectivity index (χ1v) is 6.62. The second-order valence-corrected chi connectivity index (χ2v) is 5.89. The number of amides is 1. The van der Waals surface area contributed by atoms with Gasteiger partial charge in [0.15, 0.2) is 5.12 Å². The van der Waals surface area contributed by atoms with E-state index in [1.807, 2.05) is 6.07 Å². The molecule has 1 aliphatic heterocycles. The van der Waals surface area contributed by atoms with Gasteiger partial charge in [-0.1, -0.05) is 17.8 Å². The summed E-state index contributed by atoms with van der Waals surface area (Å²) < 4.78 is 0. The smallest absolute Gasteiger partial charge is 0.228 e. The van der Waals surface area contributed by atoms with Crippen LogP contribution in [0, 0.1) is 6.92 Å². The van der Waals surface area contributed by atoms with E-state index in [2.05, 4.69) is 0 Å². The number of hydrogen-bond acceptors (Lipinski definition) is 4. The lowest BCUT2D eigenvalue weighted by Gasteiger charge is -2.17. The van der Waals surface area contributed by atoms with E-state index >= 15 is 0 Å². The minimum atomic E-state index is -0.00277. The summed E-state index contributed by atoms with van der Waals surface area (Å²) in [4.78, 5) is 24.5. The molecule has 0 spiro atoms. The van der Waals surface area contributed by atoms with Gasteiger partial charge in [0.05, 0.1) is 0 Å². The summed E-state index contributed by atoms with van der Waals surface area (Å²) in [6.07, 6.45) is 0.374. The Balaban J connectivity index is 2.16. The minimum absolute atomic E-state index is 0.00277. The zero-order valence-electron chi connectivity index (χ0n) is 10.3. The number of hydrogen-bond donors (Lipinski definition) is 1. The fourth-order valence-corrected chi connectivity index (χ4v) is 2.92. The normalized spacial score (nSPS) is 19.3. The Hall–Kier alpha value is -1.49. The molecule has 1 unspecified atom stereocenters. The van der Waals surface area contributed by atoms with Crippen LogP contribution in [0.3, 0.4) is 0 Å². The molecule has 5 heteroatoms. The third kappa shape index (κ3) is 2.67. The van der Waals surface area contributed by atoms with E-state index in [0.717, 1.165) is 5.56 Å². The van der Waals surface area contributed by atoms with Gasteiger partial charge in [0.25, 0.3) is 0 Å². The second-order valence-electron chi connectivity index (χ2n) is 4.41. The molecular weight excluding hydrogens is 250 g/mol. The molecule has 0 saturated carbocycles. The van der Waals surface area contributed by atoms with Gasteiger partial charge in [-0.15, -0.1) is 0 Å². The number of carbonyl (C=O) groups is 2. The van der Waals surface area contributed by atoms with Crippen molar-refractivity contribution in [2.24, 2.45) is 0 Å². The fourth-order valence-electron chi connectivity index (χ4n) is 2.00. The zero-order chi connectivity index (χ0) is 13.3. The molecule has 2 rings (SSSR count). The van der Waals surface area contributed by atoms with E-state index in [0.29, 0.717) is 18.7 Å². The molecule has 0 bridgehead atoms. The van der Waals surface area contributed by atoms with Gasteiger partial charge >= 0.3 is 0 Å². The molecule has 0 aliphatic carbocycles. The van der Waals surface area contributed by atoms with Crippen LogP contribution in [0.2, 0.25) is 0 Å². The van der Waals surface area contributed by atoms with Gasteiger partial charge < -0.3 is 10.0 Å². The number of rotatable bonds is 2. The maximum atomic E-state index is 11.9. The van der Waals surface area contributed by atoms with Crippen LogP contribution in [0.4, 0.5) is 5.69 Å². The number of anilines is 1. The molecule has 1 aromatic rings. The summed E-state index contributed by atoms with van der Waals surface area (Å²) in [5.41, 5.74) is 1.47. The van der Waals surface area contributed by atoms with Crippen molar-refractivity contribution in [1.82, 2.24) is 0 Å². The van der Waals surface area contributed by atoms with Gasteiger partial charge in [-0.05, 0) is 18.6 Å². The van der Waals surface area contributed by atoms with Gasteiger partial charge in [0.1, 0.15) is 5.75 Å². The lowest BCUT2D eigenvalue weighted by molar-refractivity contribution is -0.117. The number of aromatic hydroxyl groups is 1. The molecule has 0 aromatic heterocycles. The van der Waals surface area contributed by atoms with Crippen molar-refractivity contribution in [1.29, 1.82) is 0 Å². The van der Waals surface area contributed by atoms with Crippen molar-refractivity contribution >= 4 is 28.5 Å². The lowest BCUT2D eigenvalue weighted by atomic mass is 10.2. The average molecular weight is 265 g/mol.